The fourth-order valence-electron chi connectivity index (χ4n) is 3.26. The maximum atomic E-state index is 13.4. The maximum absolute atomic E-state index is 13.4. The minimum Gasteiger partial charge on any atom is -0.298 e. The Morgan fingerprint density at radius 2 is 1.17 bits per heavy atom. The molecule has 2 unspecified atom stereocenters. The SMILES string of the molecule is CCc1ccccc1C(CBr)C(=O)C(CBr)c1ccccc1CC. The van der Waals surface area contributed by atoms with E-state index in [9.17, 15) is 4.79 Å². The van der Waals surface area contributed by atoms with Crippen LogP contribution in [0.1, 0.15) is 47.9 Å². The molecule has 24 heavy (non-hydrogen) atoms. The van der Waals surface area contributed by atoms with Crippen molar-refractivity contribution < 1.29 is 4.79 Å². The normalized spacial score (nSPS) is 13.5. The van der Waals surface area contributed by atoms with Crippen molar-refractivity contribution >= 4 is 37.6 Å². The number of alkyl halides is 2. The van der Waals surface area contributed by atoms with E-state index < -0.39 is 0 Å². The minimum absolute atomic E-state index is 0.117. The van der Waals surface area contributed by atoms with Gasteiger partial charge in [0, 0.05) is 10.7 Å². The van der Waals surface area contributed by atoms with E-state index in [1.165, 1.54) is 11.1 Å². The summed E-state index contributed by atoms with van der Waals surface area (Å²) in [5.74, 6) is 0.0489. The zero-order valence-electron chi connectivity index (χ0n) is 14.3. The molecule has 3 heteroatoms. The molecule has 0 heterocycles. The monoisotopic (exact) mass is 450 g/mol. The van der Waals surface area contributed by atoms with Crippen molar-refractivity contribution in [3.63, 3.8) is 0 Å². The minimum atomic E-state index is -0.117. The third-order valence-corrected chi connectivity index (χ3v) is 5.91. The van der Waals surface area contributed by atoms with E-state index >= 15 is 0 Å². The first-order valence-electron chi connectivity index (χ1n) is 8.49. The number of Topliss-reactive ketones (excluding diaryl/α,β-unsaturated/α-hetero) is 1. The van der Waals surface area contributed by atoms with Crippen molar-refractivity contribution in [1.29, 1.82) is 0 Å². The summed E-state index contributed by atoms with van der Waals surface area (Å²) < 4.78 is 0. The summed E-state index contributed by atoms with van der Waals surface area (Å²) in [6.07, 6.45) is 1.88. The van der Waals surface area contributed by atoms with Crippen LogP contribution >= 0.6 is 31.9 Å². The molecule has 0 aliphatic carbocycles. The van der Waals surface area contributed by atoms with E-state index in [4.69, 9.17) is 0 Å². The van der Waals surface area contributed by atoms with Crippen LogP contribution in [0.25, 0.3) is 0 Å². The lowest BCUT2D eigenvalue weighted by Crippen LogP contribution is -2.24. The molecule has 0 aliphatic rings. The van der Waals surface area contributed by atoms with Crippen molar-refractivity contribution in [2.24, 2.45) is 0 Å². The Kier molecular flexibility index (Phi) is 7.70. The molecule has 2 atom stereocenters. The van der Waals surface area contributed by atoms with Gasteiger partial charge >= 0.3 is 0 Å². The van der Waals surface area contributed by atoms with Gasteiger partial charge in [0.25, 0.3) is 0 Å². The molecule has 0 N–H and O–H groups in total. The largest absolute Gasteiger partial charge is 0.298 e. The lowest BCUT2D eigenvalue weighted by molar-refractivity contribution is -0.121. The smallest absolute Gasteiger partial charge is 0.149 e. The third kappa shape index (κ3) is 4.18. The highest BCUT2D eigenvalue weighted by atomic mass is 79.9. The Bertz CT molecular complexity index is 624. The molecule has 0 fully saturated rings. The van der Waals surface area contributed by atoms with E-state index in [-0.39, 0.29) is 17.6 Å². The Labute approximate surface area is 162 Å². The molecular formula is C21H24Br2O. The standard InChI is InChI=1S/C21H24Br2O/c1-3-15-9-5-7-11-17(15)19(13-22)21(24)20(14-23)18-12-8-6-10-16(18)4-2/h5-12,19-20H,3-4,13-14H2,1-2H3. The number of benzene rings is 2. The molecule has 2 rings (SSSR count). The summed E-state index contributed by atoms with van der Waals surface area (Å²) in [4.78, 5) is 13.4. The number of ketones is 1. The molecule has 0 radical (unpaired) electrons. The molecule has 1 nitrogen and oxygen atoms in total. The lowest BCUT2D eigenvalue weighted by Gasteiger charge is -2.23. The number of carbonyl (C=O) groups excluding carboxylic acids is 1. The van der Waals surface area contributed by atoms with Gasteiger partial charge in [0.05, 0.1) is 11.8 Å². The first-order valence-corrected chi connectivity index (χ1v) is 10.7. The number of carbonyl (C=O) groups is 1. The molecule has 0 spiro atoms. The highest BCUT2D eigenvalue weighted by Crippen LogP contribution is 2.32. The van der Waals surface area contributed by atoms with Crippen LogP contribution in [0.4, 0.5) is 0 Å². The number of rotatable bonds is 8. The highest BCUT2D eigenvalue weighted by molar-refractivity contribution is 9.09. The molecule has 0 bridgehead atoms. The topological polar surface area (TPSA) is 17.1 Å². The molecule has 2 aromatic carbocycles. The average molecular weight is 452 g/mol. The van der Waals surface area contributed by atoms with Gasteiger partial charge in [0.15, 0.2) is 0 Å². The fraction of sp³-hybridized carbons (Fsp3) is 0.381. The van der Waals surface area contributed by atoms with Crippen LogP contribution in [0, 0.1) is 0 Å². The van der Waals surface area contributed by atoms with Crippen LogP contribution in [-0.4, -0.2) is 16.4 Å². The van der Waals surface area contributed by atoms with Crippen LogP contribution in [0.2, 0.25) is 0 Å². The van der Waals surface area contributed by atoms with Crippen LogP contribution in [0.3, 0.4) is 0 Å². The summed E-state index contributed by atoms with van der Waals surface area (Å²) in [6, 6.07) is 16.6. The van der Waals surface area contributed by atoms with Gasteiger partial charge < -0.3 is 0 Å². The third-order valence-electron chi connectivity index (χ3n) is 4.62. The van der Waals surface area contributed by atoms with Crippen molar-refractivity contribution in [3.8, 4) is 0 Å². The van der Waals surface area contributed by atoms with Crippen LogP contribution in [0.15, 0.2) is 48.5 Å². The van der Waals surface area contributed by atoms with Crippen LogP contribution in [0.5, 0.6) is 0 Å². The zero-order valence-corrected chi connectivity index (χ0v) is 17.4. The summed E-state index contributed by atoms with van der Waals surface area (Å²) in [5.41, 5.74) is 4.82. The molecule has 0 aliphatic heterocycles. The van der Waals surface area contributed by atoms with Crippen LogP contribution in [-0.2, 0) is 17.6 Å². The highest BCUT2D eigenvalue weighted by Gasteiger charge is 2.30. The first-order chi connectivity index (χ1) is 11.7. The molecule has 0 amide bonds. The molecule has 0 aromatic heterocycles. The van der Waals surface area contributed by atoms with Crippen molar-refractivity contribution in [2.75, 3.05) is 10.7 Å². The molecule has 128 valence electrons. The molecule has 0 saturated carbocycles. The van der Waals surface area contributed by atoms with E-state index in [1.807, 2.05) is 24.3 Å². The van der Waals surface area contributed by atoms with Gasteiger partial charge in [0.2, 0.25) is 0 Å². The van der Waals surface area contributed by atoms with Gasteiger partial charge in [0.1, 0.15) is 5.78 Å². The Balaban J connectivity index is 2.42. The number of hydrogen-bond donors (Lipinski definition) is 0. The maximum Gasteiger partial charge on any atom is 0.149 e. The summed E-state index contributed by atoms with van der Waals surface area (Å²) in [7, 11) is 0. The van der Waals surface area contributed by atoms with Gasteiger partial charge in [-0.1, -0.05) is 94.2 Å². The Morgan fingerprint density at radius 3 is 1.50 bits per heavy atom. The summed E-state index contributed by atoms with van der Waals surface area (Å²) >= 11 is 7.17. The molecule has 2 aromatic rings. The van der Waals surface area contributed by atoms with Gasteiger partial charge in [-0.2, -0.15) is 0 Å². The number of hydrogen-bond acceptors (Lipinski definition) is 1. The zero-order chi connectivity index (χ0) is 17.5. The van der Waals surface area contributed by atoms with Crippen molar-refractivity contribution in [2.45, 2.75) is 38.5 Å². The van der Waals surface area contributed by atoms with Gasteiger partial charge in [-0.25, -0.2) is 0 Å². The average Bonchev–Trinajstić information content (AvgIpc) is 2.64. The second kappa shape index (κ2) is 9.53. The second-order valence-electron chi connectivity index (χ2n) is 5.92. The van der Waals surface area contributed by atoms with E-state index in [0.29, 0.717) is 10.7 Å². The lowest BCUT2D eigenvalue weighted by atomic mass is 9.82. The predicted molar refractivity (Wildman–Crippen MR) is 110 cm³/mol. The number of halogens is 2. The molecular weight excluding hydrogens is 428 g/mol. The van der Waals surface area contributed by atoms with E-state index in [0.717, 1.165) is 24.0 Å². The molecule has 0 saturated heterocycles. The first kappa shape index (κ1) is 19.4. The fourth-order valence-corrected chi connectivity index (χ4v) is 4.60. The van der Waals surface area contributed by atoms with Crippen LogP contribution < -0.4 is 0 Å². The van der Waals surface area contributed by atoms with E-state index in [2.05, 4.69) is 70.0 Å². The van der Waals surface area contributed by atoms with Gasteiger partial charge in [-0.15, -0.1) is 0 Å². The summed E-state index contributed by atoms with van der Waals surface area (Å²) in [5, 5.41) is 1.31. The van der Waals surface area contributed by atoms with Crippen molar-refractivity contribution in [1.82, 2.24) is 0 Å². The Morgan fingerprint density at radius 1 is 0.792 bits per heavy atom. The van der Waals surface area contributed by atoms with Gasteiger partial charge in [-0.05, 0) is 35.1 Å². The summed E-state index contributed by atoms with van der Waals surface area (Å²) in [6.45, 7) is 4.28. The quantitative estimate of drug-likeness (QED) is 0.447. The predicted octanol–water partition coefficient (Wildman–Crippen LogP) is 6.04. The van der Waals surface area contributed by atoms with Crippen molar-refractivity contribution in [3.05, 3.63) is 70.8 Å². The number of aryl methyl sites for hydroxylation is 2. The Hall–Kier alpha value is -0.930. The van der Waals surface area contributed by atoms with E-state index in [1.54, 1.807) is 0 Å². The van der Waals surface area contributed by atoms with Gasteiger partial charge in [-0.3, -0.25) is 4.79 Å². The second-order valence-corrected chi connectivity index (χ2v) is 7.22.